The molecule has 0 aliphatic carbocycles. The monoisotopic (exact) mass is 385 g/mol. The number of hydrogen-bond acceptors (Lipinski definition) is 8. The maximum atomic E-state index is 10.3. The van der Waals surface area contributed by atoms with Gasteiger partial charge in [0.25, 0.3) is 0 Å². The highest BCUT2D eigenvalue weighted by molar-refractivity contribution is 5.86. The van der Waals surface area contributed by atoms with E-state index in [4.69, 9.17) is 10.5 Å². The number of benzene rings is 1. The molecule has 6 N–H and O–H groups in total. The van der Waals surface area contributed by atoms with Crippen molar-refractivity contribution in [1.82, 2.24) is 14.5 Å². The van der Waals surface area contributed by atoms with Crippen LogP contribution in [0.5, 0.6) is 0 Å². The van der Waals surface area contributed by atoms with E-state index in [1.54, 1.807) is 6.07 Å². The highest BCUT2D eigenvalue weighted by Gasteiger charge is 2.44. The first kappa shape index (κ1) is 18.6. The number of hydrogen-bond donors (Lipinski definition) is 5. The number of nitrogen functional groups attached to an aromatic ring is 1. The maximum Gasteiger partial charge on any atom is 0.166 e. The van der Waals surface area contributed by atoms with Crippen LogP contribution in [0.15, 0.2) is 42.7 Å². The largest absolute Gasteiger partial charge is 0.397 e. The highest BCUT2D eigenvalue weighted by Crippen LogP contribution is 2.32. The molecule has 1 aliphatic heterocycles. The molecule has 28 heavy (non-hydrogen) atoms. The predicted octanol–water partition coefficient (Wildman–Crippen LogP) is 0.280. The van der Waals surface area contributed by atoms with Gasteiger partial charge < -0.3 is 31.1 Å². The second-order valence-electron chi connectivity index (χ2n) is 6.81. The molecule has 0 saturated carbocycles. The Morgan fingerprint density at radius 2 is 1.96 bits per heavy atom. The minimum absolute atomic E-state index is 0.400. The van der Waals surface area contributed by atoms with Gasteiger partial charge in [-0.2, -0.15) is 0 Å². The second-order valence-corrected chi connectivity index (χ2v) is 6.81. The number of nitrogens with two attached hydrogens (primary N) is 1. The van der Waals surface area contributed by atoms with E-state index in [0.29, 0.717) is 29.2 Å². The van der Waals surface area contributed by atoms with Gasteiger partial charge in [-0.05, 0) is 12.0 Å². The Balaban J connectivity index is 1.56. The number of anilines is 2. The number of imidazole rings is 1. The van der Waals surface area contributed by atoms with Crippen molar-refractivity contribution >= 4 is 22.7 Å². The van der Waals surface area contributed by atoms with Crippen molar-refractivity contribution in [3.63, 3.8) is 0 Å². The van der Waals surface area contributed by atoms with Crippen LogP contribution in [-0.4, -0.2) is 61.3 Å². The molecule has 2 aromatic heterocycles. The number of aliphatic hydroxyl groups is 3. The Labute approximate surface area is 161 Å². The van der Waals surface area contributed by atoms with Crippen molar-refractivity contribution in [2.24, 2.45) is 0 Å². The van der Waals surface area contributed by atoms with Crippen LogP contribution in [0.3, 0.4) is 0 Å². The molecule has 4 atom stereocenters. The zero-order valence-corrected chi connectivity index (χ0v) is 15.1. The first-order chi connectivity index (χ1) is 13.6. The molecular formula is C19H23N5O4. The SMILES string of the molecule is Nc1cc(NCCc2ccccc2)nc2c1ncn2C1OC(CO)C(O)C1O. The molecule has 0 bridgehead atoms. The normalized spacial score (nSPS) is 24.7. The van der Waals surface area contributed by atoms with Gasteiger partial charge in [0.15, 0.2) is 11.9 Å². The molecule has 9 heteroatoms. The average molecular weight is 385 g/mol. The van der Waals surface area contributed by atoms with Crippen LogP contribution in [0.4, 0.5) is 11.5 Å². The van der Waals surface area contributed by atoms with Gasteiger partial charge in [-0.1, -0.05) is 30.3 Å². The van der Waals surface area contributed by atoms with E-state index in [-0.39, 0.29) is 0 Å². The van der Waals surface area contributed by atoms with E-state index in [9.17, 15) is 15.3 Å². The van der Waals surface area contributed by atoms with E-state index >= 15 is 0 Å². The fourth-order valence-corrected chi connectivity index (χ4v) is 3.40. The molecule has 4 unspecified atom stereocenters. The molecule has 1 aliphatic rings. The third kappa shape index (κ3) is 3.40. The number of pyridine rings is 1. The summed E-state index contributed by atoms with van der Waals surface area (Å²) < 4.78 is 7.10. The van der Waals surface area contributed by atoms with Crippen LogP contribution < -0.4 is 11.1 Å². The fraction of sp³-hybridized carbons (Fsp3) is 0.368. The van der Waals surface area contributed by atoms with Crippen LogP contribution in [-0.2, 0) is 11.2 Å². The van der Waals surface area contributed by atoms with Crippen molar-refractivity contribution in [3.05, 3.63) is 48.3 Å². The minimum atomic E-state index is -1.22. The Bertz CT molecular complexity index is 948. The quantitative estimate of drug-likeness (QED) is 0.408. The molecule has 1 aromatic carbocycles. The number of aliphatic hydroxyl groups excluding tert-OH is 3. The van der Waals surface area contributed by atoms with E-state index < -0.39 is 31.1 Å². The molecular weight excluding hydrogens is 362 g/mol. The zero-order chi connectivity index (χ0) is 19.7. The van der Waals surface area contributed by atoms with Gasteiger partial charge in [-0.25, -0.2) is 9.97 Å². The van der Waals surface area contributed by atoms with Gasteiger partial charge in [-0.15, -0.1) is 0 Å². The van der Waals surface area contributed by atoms with E-state index in [1.807, 2.05) is 18.2 Å². The molecule has 3 heterocycles. The maximum absolute atomic E-state index is 10.3. The van der Waals surface area contributed by atoms with Gasteiger partial charge in [0.05, 0.1) is 18.6 Å². The Hall–Kier alpha value is -2.72. The van der Waals surface area contributed by atoms with Crippen molar-refractivity contribution in [2.75, 3.05) is 24.2 Å². The number of aromatic nitrogens is 3. The number of nitrogens with zero attached hydrogens (tertiary/aromatic N) is 3. The third-order valence-electron chi connectivity index (χ3n) is 4.91. The van der Waals surface area contributed by atoms with Gasteiger partial charge in [0.1, 0.15) is 29.6 Å². The van der Waals surface area contributed by atoms with Crippen LogP contribution in [0, 0.1) is 0 Å². The second kappa shape index (κ2) is 7.72. The lowest BCUT2D eigenvalue weighted by atomic mass is 10.1. The molecule has 1 saturated heterocycles. The summed E-state index contributed by atoms with van der Waals surface area (Å²) in [6, 6.07) is 11.8. The number of fused-ring (bicyclic) bond motifs is 1. The number of rotatable bonds is 6. The van der Waals surface area contributed by atoms with Crippen LogP contribution >= 0.6 is 0 Å². The average Bonchev–Trinajstić information content (AvgIpc) is 3.24. The Kier molecular flexibility index (Phi) is 5.14. The number of nitrogens with one attached hydrogen (secondary N) is 1. The van der Waals surface area contributed by atoms with Crippen molar-refractivity contribution < 1.29 is 20.1 Å². The summed E-state index contributed by atoms with van der Waals surface area (Å²) in [6.07, 6.45) is -1.91. The van der Waals surface area contributed by atoms with Gasteiger partial charge in [0.2, 0.25) is 0 Å². The molecule has 4 rings (SSSR count). The molecule has 0 radical (unpaired) electrons. The van der Waals surface area contributed by atoms with Gasteiger partial charge >= 0.3 is 0 Å². The number of ether oxygens (including phenoxy) is 1. The smallest absolute Gasteiger partial charge is 0.166 e. The third-order valence-corrected chi connectivity index (χ3v) is 4.91. The molecule has 0 spiro atoms. The van der Waals surface area contributed by atoms with E-state index in [0.717, 1.165) is 6.42 Å². The summed E-state index contributed by atoms with van der Waals surface area (Å²) in [5.74, 6) is 0.578. The van der Waals surface area contributed by atoms with Crippen LogP contribution in [0.25, 0.3) is 11.2 Å². The topological polar surface area (TPSA) is 139 Å². The van der Waals surface area contributed by atoms with Crippen molar-refractivity contribution in [1.29, 1.82) is 0 Å². The Morgan fingerprint density at radius 3 is 2.68 bits per heavy atom. The summed E-state index contributed by atoms with van der Waals surface area (Å²) in [4.78, 5) is 8.81. The standard InChI is InChI=1S/C19H23N5O4/c20-12-8-14(21-7-6-11-4-2-1-3-5-11)23-18-15(12)22-10-24(18)19-17(27)16(26)13(9-25)28-19/h1-5,8,10,13,16-17,19,25-27H,6-7,9H2,(H3,20,21,23). The van der Waals surface area contributed by atoms with Crippen LogP contribution in [0.1, 0.15) is 11.8 Å². The predicted molar refractivity (Wildman–Crippen MR) is 104 cm³/mol. The van der Waals surface area contributed by atoms with Crippen molar-refractivity contribution in [2.45, 2.75) is 31.0 Å². The molecule has 3 aromatic rings. The van der Waals surface area contributed by atoms with Crippen molar-refractivity contribution in [3.8, 4) is 0 Å². The zero-order valence-electron chi connectivity index (χ0n) is 15.1. The first-order valence-corrected chi connectivity index (χ1v) is 9.12. The first-order valence-electron chi connectivity index (χ1n) is 9.12. The van der Waals surface area contributed by atoms with Crippen LogP contribution in [0.2, 0.25) is 0 Å². The van der Waals surface area contributed by atoms with E-state index in [2.05, 4.69) is 27.4 Å². The summed E-state index contributed by atoms with van der Waals surface area (Å²) in [6.45, 7) is 0.271. The summed E-state index contributed by atoms with van der Waals surface area (Å²) in [7, 11) is 0. The highest BCUT2D eigenvalue weighted by atomic mass is 16.6. The lowest BCUT2D eigenvalue weighted by Gasteiger charge is -2.17. The summed E-state index contributed by atoms with van der Waals surface area (Å²) in [5, 5.41) is 32.8. The molecule has 148 valence electrons. The lowest BCUT2D eigenvalue weighted by Crippen LogP contribution is -2.33. The minimum Gasteiger partial charge on any atom is -0.397 e. The van der Waals surface area contributed by atoms with Gasteiger partial charge in [0, 0.05) is 12.6 Å². The summed E-state index contributed by atoms with van der Waals surface area (Å²) >= 11 is 0. The molecule has 1 fully saturated rings. The Morgan fingerprint density at radius 1 is 1.18 bits per heavy atom. The fourth-order valence-electron chi connectivity index (χ4n) is 3.40. The molecule has 0 amide bonds. The lowest BCUT2D eigenvalue weighted by molar-refractivity contribution is -0.0511. The molecule has 9 nitrogen and oxygen atoms in total. The van der Waals surface area contributed by atoms with Gasteiger partial charge in [-0.3, -0.25) is 4.57 Å². The summed E-state index contributed by atoms with van der Waals surface area (Å²) in [5.41, 5.74) is 8.68. The van der Waals surface area contributed by atoms with E-state index in [1.165, 1.54) is 16.5 Å².